The Hall–Kier alpha value is -2.59. The minimum Gasteiger partial charge on any atom is -0.459 e. The van der Waals surface area contributed by atoms with Gasteiger partial charge in [-0.1, -0.05) is 49.2 Å². The molecule has 1 heterocycles. The van der Waals surface area contributed by atoms with Crippen LogP contribution in [0.5, 0.6) is 0 Å². The highest BCUT2D eigenvalue weighted by Gasteiger charge is 2.24. The first kappa shape index (κ1) is 18.8. The first-order valence-electron chi connectivity index (χ1n) is 9.55. The van der Waals surface area contributed by atoms with E-state index < -0.39 is 11.6 Å². The van der Waals surface area contributed by atoms with E-state index in [1.54, 1.807) is 30.3 Å². The number of carbonyl (C=O) groups excluding carboxylic acids is 1. The quantitative estimate of drug-likeness (QED) is 0.411. The van der Waals surface area contributed by atoms with Gasteiger partial charge in [0.15, 0.2) is 0 Å². The van der Waals surface area contributed by atoms with E-state index in [2.05, 4.69) is 6.92 Å². The largest absolute Gasteiger partial charge is 0.459 e. The molecule has 1 aliphatic rings. The Bertz CT molecular complexity index is 1090. The summed E-state index contributed by atoms with van der Waals surface area (Å²) in [5, 5.41) is 1.09. The second-order valence-electron chi connectivity index (χ2n) is 7.48. The third-order valence-electron chi connectivity index (χ3n) is 5.30. The van der Waals surface area contributed by atoms with E-state index in [1.165, 1.54) is 6.42 Å². The molecule has 0 saturated heterocycles. The molecule has 2 atom stereocenters. The van der Waals surface area contributed by atoms with E-state index in [-0.39, 0.29) is 11.1 Å². The number of halogens is 1. The maximum absolute atomic E-state index is 12.5. The Morgan fingerprint density at radius 2 is 1.96 bits per heavy atom. The molecule has 4 rings (SSSR count). The van der Waals surface area contributed by atoms with Crippen LogP contribution in [0.3, 0.4) is 0 Å². The predicted octanol–water partition coefficient (Wildman–Crippen LogP) is 5.85. The minimum atomic E-state index is -0.443. The fourth-order valence-corrected chi connectivity index (χ4v) is 4.07. The molecule has 1 saturated carbocycles. The Labute approximate surface area is 168 Å². The normalized spacial score (nSPS) is 19.5. The standard InChI is InChI=1S/C23H21ClO4/c1-14-5-4-7-17(11-14)27-22(25)18-10-9-15(13-20(18)24)19-12-16-6-2-3-8-21(16)28-23(19)26/h2-3,6,8-10,12-14,17H,4-5,7,11H2,1H3. The topological polar surface area (TPSA) is 56.5 Å². The van der Waals surface area contributed by atoms with Gasteiger partial charge in [0.05, 0.1) is 16.1 Å². The van der Waals surface area contributed by atoms with Gasteiger partial charge in [-0.2, -0.15) is 0 Å². The van der Waals surface area contributed by atoms with Crippen LogP contribution in [0.25, 0.3) is 22.1 Å². The number of ether oxygens (including phenoxy) is 1. The molecule has 28 heavy (non-hydrogen) atoms. The van der Waals surface area contributed by atoms with Crippen LogP contribution in [-0.4, -0.2) is 12.1 Å². The Morgan fingerprint density at radius 3 is 2.75 bits per heavy atom. The molecular weight excluding hydrogens is 376 g/mol. The molecule has 0 spiro atoms. The number of fused-ring (bicyclic) bond motifs is 1. The highest BCUT2D eigenvalue weighted by molar-refractivity contribution is 6.33. The number of carbonyl (C=O) groups is 1. The van der Waals surface area contributed by atoms with Gasteiger partial charge in [0, 0.05) is 5.39 Å². The summed E-state index contributed by atoms with van der Waals surface area (Å²) in [5.74, 6) is 0.151. The van der Waals surface area contributed by atoms with Gasteiger partial charge in [-0.05, 0) is 55.0 Å². The summed E-state index contributed by atoms with van der Waals surface area (Å²) in [7, 11) is 0. The number of para-hydroxylation sites is 1. The molecule has 0 bridgehead atoms. The zero-order valence-electron chi connectivity index (χ0n) is 15.6. The number of benzene rings is 2. The summed E-state index contributed by atoms with van der Waals surface area (Å²) in [6, 6.07) is 14.0. The average molecular weight is 397 g/mol. The molecule has 0 radical (unpaired) electrons. The van der Waals surface area contributed by atoms with Gasteiger partial charge in [0.2, 0.25) is 0 Å². The molecule has 0 aliphatic heterocycles. The van der Waals surface area contributed by atoms with Crippen LogP contribution < -0.4 is 5.63 Å². The maximum Gasteiger partial charge on any atom is 0.344 e. The van der Waals surface area contributed by atoms with Crippen molar-refractivity contribution in [3.8, 4) is 11.1 Å². The molecule has 5 heteroatoms. The average Bonchev–Trinajstić information content (AvgIpc) is 2.67. The first-order valence-corrected chi connectivity index (χ1v) is 9.93. The fourth-order valence-electron chi connectivity index (χ4n) is 3.81. The van der Waals surface area contributed by atoms with Crippen LogP contribution in [0.2, 0.25) is 5.02 Å². The lowest BCUT2D eigenvalue weighted by Gasteiger charge is -2.26. The zero-order chi connectivity index (χ0) is 19.7. The van der Waals surface area contributed by atoms with Gasteiger partial charge in [-0.3, -0.25) is 0 Å². The van der Waals surface area contributed by atoms with Gasteiger partial charge >= 0.3 is 11.6 Å². The van der Waals surface area contributed by atoms with Crippen molar-refractivity contribution in [2.75, 3.05) is 0 Å². The molecule has 0 N–H and O–H groups in total. The van der Waals surface area contributed by atoms with Crippen LogP contribution in [0.15, 0.2) is 57.7 Å². The maximum atomic E-state index is 12.5. The van der Waals surface area contributed by atoms with Crippen LogP contribution in [-0.2, 0) is 4.74 Å². The third kappa shape index (κ3) is 3.83. The summed E-state index contributed by atoms with van der Waals surface area (Å²) >= 11 is 6.36. The SMILES string of the molecule is CC1CCCC(OC(=O)c2ccc(-c3cc4ccccc4oc3=O)cc2Cl)C1. The Morgan fingerprint density at radius 1 is 1.14 bits per heavy atom. The lowest BCUT2D eigenvalue weighted by Crippen LogP contribution is -2.24. The van der Waals surface area contributed by atoms with E-state index in [4.69, 9.17) is 20.8 Å². The monoisotopic (exact) mass is 396 g/mol. The van der Waals surface area contributed by atoms with Crippen molar-refractivity contribution in [1.82, 2.24) is 0 Å². The number of hydrogen-bond acceptors (Lipinski definition) is 4. The van der Waals surface area contributed by atoms with Crippen molar-refractivity contribution in [2.45, 2.75) is 38.7 Å². The Kier molecular flexibility index (Phi) is 5.23. The number of esters is 1. The number of hydrogen-bond donors (Lipinski definition) is 0. The highest BCUT2D eigenvalue weighted by Crippen LogP contribution is 2.29. The van der Waals surface area contributed by atoms with Crippen LogP contribution in [0, 0.1) is 5.92 Å². The zero-order valence-corrected chi connectivity index (χ0v) is 16.4. The summed E-state index contributed by atoms with van der Waals surface area (Å²) in [4.78, 5) is 24.9. The Balaban J connectivity index is 1.60. The molecule has 1 fully saturated rings. The molecule has 1 aliphatic carbocycles. The minimum absolute atomic E-state index is 0.0560. The van der Waals surface area contributed by atoms with Crippen molar-refractivity contribution >= 4 is 28.5 Å². The lowest BCUT2D eigenvalue weighted by molar-refractivity contribution is 0.0155. The molecule has 144 valence electrons. The van der Waals surface area contributed by atoms with Gasteiger partial charge in [-0.15, -0.1) is 0 Å². The van der Waals surface area contributed by atoms with Crippen molar-refractivity contribution in [1.29, 1.82) is 0 Å². The summed E-state index contributed by atoms with van der Waals surface area (Å²) in [5.41, 5.74) is 1.41. The van der Waals surface area contributed by atoms with Gasteiger partial charge < -0.3 is 9.15 Å². The van der Waals surface area contributed by atoms with Crippen LogP contribution >= 0.6 is 11.6 Å². The second-order valence-corrected chi connectivity index (χ2v) is 7.89. The fraction of sp³-hybridized carbons (Fsp3) is 0.304. The molecule has 1 aromatic heterocycles. The van der Waals surface area contributed by atoms with Crippen molar-refractivity contribution < 1.29 is 13.9 Å². The van der Waals surface area contributed by atoms with E-state index in [1.807, 2.05) is 18.2 Å². The van der Waals surface area contributed by atoms with Gasteiger partial charge in [0.25, 0.3) is 0 Å². The van der Waals surface area contributed by atoms with E-state index in [9.17, 15) is 9.59 Å². The second kappa shape index (κ2) is 7.80. The van der Waals surface area contributed by atoms with E-state index in [0.717, 1.165) is 24.6 Å². The van der Waals surface area contributed by atoms with Crippen molar-refractivity contribution in [3.05, 3.63) is 69.5 Å². The molecule has 2 unspecified atom stereocenters. The summed E-state index contributed by atoms with van der Waals surface area (Å²) < 4.78 is 11.0. The summed E-state index contributed by atoms with van der Waals surface area (Å²) in [6.07, 6.45) is 3.98. The molecule has 0 amide bonds. The van der Waals surface area contributed by atoms with Crippen molar-refractivity contribution in [3.63, 3.8) is 0 Å². The highest BCUT2D eigenvalue weighted by atomic mass is 35.5. The lowest BCUT2D eigenvalue weighted by atomic mass is 9.89. The molecule has 3 aromatic rings. The predicted molar refractivity (Wildman–Crippen MR) is 110 cm³/mol. The van der Waals surface area contributed by atoms with Crippen molar-refractivity contribution in [2.24, 2.45) is 5.92 Å². The molecule has 2 aromatic carbocycles. The summed E-state index contributed by atoms with van der Waals surface area (Å²) in [6.45, 7) is 2.18. The third-order valence-corrected chi connectivity index (χ3v) is 5.62. The van der Waals surface area contributed by atoms with E-state index >= 15 is 0 Å². The van der Waals surface area contributed by atoms with Gasteiger partial charge in [-0.25, -0.2) is 9.59 Å². The number of rotatable bonds is 3. The molecule has 4 nitrogen and oxygen atoms in total. The van der Waals surface area contributed by atoms with E-state index in [0.29, 0.717) is 28.2 Å². The molecular formula is C23H21ClO4. The van der Waals surface area contributed by atoms with Crippen LogP contribution in [0.4, 0.5) is 0 Å². The first-order chi connectivity index (χ1) is 13.5. The van der Waals surface area contributed by atoms with Crippen LogP contribution in [0.1, 0.15) is 43.0 Å². The smallest absolute Gasteiger partial charge is 0.344 e. The van der Waals surface area contributed by atoms with Gasteiger partial charge in [0.1, 0.15) is 11.7 Å².